The Balaban J connectivity index is 3.72. The molecule has 0 aliphatic carbocycles. The second kappa shape index (κ2) is 5.11. The van der Waals surface area contributed by atoms with Gasteiger partial charge in [-0.05, 0) is 26.8 Å². The molecule has 0 bridgehead atoms. The summed E-state index contributed by atoms with van der Waals surface area (Å²) in [6.45, 7) is 5.25. The summed E-state index contributed by atoms with van der Waals surface area (Å²) in [6, 6.07) is 0. The summed E-state index contributed by atoms with van der Waals surface area (Å²) in [5.41, 5.74) is 10.2. The molecule has 0 aromatic rings. The van der Waals surface area contributed by atoms with Gasteiger partial charge in [0, 0.05) is 13.1 Å². The molecule has 0 unspecified atom stereocenters. The van der Waals surface area contributed by atoms with Crippen molar-refractivity contribution in [1.82, 2.24) is 5.32 Å². The average Bonchev–Trinajstić information content (AvgIpc) is 2.05. The second-order valence-electron chi connectivity index (χ2n) is 3.49. The Morgan fingerprint density at radius 2 is 2.00 bits per heavy atom. The summed E-state index contributed by atoms with van der Waals surface area (Å²) < 4.78 is 0. The predicted octanol–water partition coefficient (Wildman–Crippen LogP) is -0.564. The third kappa shape index (κ3) is 3.69. The summed E-state index contributed by atoms with van der Waals surface area (Å²) in [4.78, 5) is 11.3. The first-order chi connectivity index (χ1) is 5.54. The lowest BCUT2D eigenvalue weighted by molar-refractivity contribution is -0.128. The van der Waals surface area contributed by atoms with E-state index in [-0.39, 0.29) is 5.91 Å². The Kier molecular flexibility index (Phi) is 4.85. The lowest BCUT2D eigenvalue weighted by atomic mass is 9.93. The number of hydrogen-bond acceptors (Lipinski definition) is 3. The average molecular weight is 173 g/mol. The SMILES string of the molecule is CC(C)(CN)C(=O)NCCCN. The van der Waals surface area contributed by atoms with E-state index in [0.717, 1.165) is 6.42 Å². The second-order valence-corrected chi connectivity index (χ2v) is 3.49. The summed E-state index contributed by atoms with van der Waals surface area (Å²) >= 11 is 0. The molecule has 0 atom stereocenters. The van der Waals surface area contributed by atoms with Gasteiger partial charge >= 0.3 is 0 Å². The van der Waals surface area contributed by atoms with E-state index in [1.165, 1.54) is 0 Å². The molecule has 0 aliphatic rings. The zero-order chi connectivity index (χ0) is 9.61. The van der Waals surface area contributed by atoms with E-state index in [2.05, 4.69) is 5.32 Å². The molecule has 0 heterocycles. The minimum atomic E-state index is -0.464. The van der Waals surface area contributed by atoms with Crippen molar-refractivity contribution in [3.8, 4) is 0 Å². The molecule has 0 aromatic heterocycles. The van der Waals surface area contributed by atoms with Crippen LogP contribution >= 0.6 is 0 Å². The van der Waals surface area contributed by atoms with Crippen molar-refractivity contribution in [2.24, 2.45) is 16.9 Å². The normalized spacial score (nSPS) is 11.3. The van der Waals surface area contributed by atoms with Gasteiger partial charge in [0.2, 0.25) is 5.91 Å². The highest BCUT2D eigenvalue weighted by Gasteiger charge is 2.24. The van der Waals surface area contributed by atoms with Gasteiger partial charge in [0.15, 0.2) is 0 Å². The molecule has 0 saturated carbocycles. The molecule has 0 aliphatic heterocycles. The van der Waals surface area contributed by atoms with Crippen molar-refractivity contribution in [3.63, 3.8) is 0 Å². The highest BCUT2D eigenvalue weighted by Crippen LogP contribution is 2.11. The predicted molar refractivity (Wildman–Crippen MR) is 49.5 cm³/mol. The van der Waals surface area contributed by atoms with Crippen LogP contribution in [-0.4, -0.2) is 25.5 Å². The van der Waals surface area contributed by atoms with Crippen molar-refractivity contribution in [2.45, 2.75) is 20.3 Å². The molecular weight excluding hydrogens is 154 g/mol. The van der Waals surface area contributed by atoms with Crippen LogP contribution < -0.4 is 16.8 Å². The van der Waals surface area contributed by atoms with E-state index >= 15 is 0 Å². The molecule has 0 aromatic carbocycles. The first-order valence-corrected chi connectivity index (χ1v) is 4.23. The van der Waals surface area contributed by atoms with Gasteiger partial charge in [-0.25, -0.2) is 0 Å². The van der Waals surface area contributed by atoms with Gasteiger partial charge in [-0.2, -0.15) is 0 Å². The molecule has 1 amide bonds. The van der Waals surface area contributed by atoms with Crippen LogP contribution in [0.15, 0.2) is 0 Å². The van der Waals surface area contributed by atoms with Crippen LogP contribution in [-0.2, 0) is 4.79 Å². The molecule has 12 heavy (non-hydrogen) atoms. The van der Waals surface area contributed by atoms with Crippen LogP contribution in [0.25, 0.3) is 0 Å². The number of rotatable bonds is 5. The molecule has 0 fully saturated rings. The summed E-state index contributed by atoms with van der Waals surface area (Å²) in [6.07, 6.45) is 0.812. The third-order valence-corrected chi connectivity index (χ3v) is 1.79. The van der Waals surface area contributed by atoms with Crippen molar-refractivity contribution in [3.05, 3.63) is 0 Å². The lowest BCUT2D eigenvalue weighted by Crippen LogP contribution is -2.42. The van der Waals surface area contributed by atoms with E-state index in [1.807, 2.05) is 13.8 Å². The zero-order valence-corrected chi connectivity index (χ0v) is 7.89. The van der Waals surface area contributed by atoms with Gasteiger partial charge in [-0.3, -0.25) is 4.79 Å². The Hall–Kier alpha value is -0.610. The number of amides is 1. The maximum absolute atomic E-state index is 11.3. The molecule has 0 radical (unpaired) electrons. The number of hydrogen-bond donors (Lipinski definition) is 3. The molecule has 5 N–H and O–H groups in total. The Labute approximate surface area is 73.7 Å². The smallest absolute Gasteiger partial charge is 0.226 e. The monoisotopic (exact) mass is 173 g/mol. The van der Waals surface area contributed by atoms with Crippen molar-refractivity contribution in [1.29, 1.82) is 0 Å². The highest BCUT2D eigenvalue weighted by molar-refractivity contribution is 5.81. The maximum Gasteiger partial charge on any atom is 0.226 e. The topological polar surface area (TPSA) is 81.1 Å². The molecule has 72 valence electrons. The van der Waals surface area contributed by atoms with Gasteiger partial charge in [0.25, 0.3) is 0 Å². The fourth-order valence-corrected chi connectivity index (χ4v) is 0.636. The highest BCUT2D eigenvalue weighted by atomic mass is 16.2. The molecule has 4 nitrogen and oxygen atoms in total. The summed E-state index contributed by atoms with van der Waals surface area (Å²) in [7, 11) is 0. The van der Waals surface area contributed by atoms with Crippen LogP contribution in [0.2, 0.25) is 0 Å². The minimum Gasteiger partial charge on any atom is -0.356 e. The molecule has 0 spiro atoms. The standard InChI is InChI=1S/C8H19N3O/c1-8(2,6-10)7(12)11-5-3-4-9/h3-6,9-10H2,1-2H3,(H,11,12). The third-order valence-electron chi connectivity index (χ3n) is 1.79. The van der Waals surface area contributed by atoms with Crippen molar-refractivity contribution in [2.75, 3.05) is 19.6 Å². The van der Waals surface area contributed by atoms with Crippen LogP contribution in [0.5, 0.6) is 0 Å². The first kappa shape index (κ1) is 11.4. The van der Waals surface area contributed by atoms with Crippen LogP contribution in [0, 0.1) is 5.41 Å². The van der Waals surface area contributed by atoms with E-state index < -0.39 is 5.41 Å². The quantitative estimate of drug-likeness (QED) is 0.487. The maximum atomic E-state index is 11.3. The molecule has 4 heteroatoms. The van der Waals surface area contributed by atoms with Crippen LogP contribution in [0.1, 0.15) is 20.3 Å². The van der Waals surface area contributed by atoms with Crippen molar-refractivity contribution < 1.29 is 4.79 Å². The van der Waals surface area contributed by atoms with Gasteiger partial charge in [0.1, 0.15) is 0 Å². The van der Waals surface area contributed by atoms with E-state index in [0.29, 0.717) is 19.6 Å². The number of nitrogens with one attached hydrogen (secondary N) is 1. The van der Waals surface area contributed by atoms with Gasteiger partial charge in [0.05, 0.1) is 5.41 Å². The van der Waals surface area contributed by atoms with Gasteiger partial charge < -0.3 is 16.8 Å². The minimum absolute atomic E-state index is 0.00144. The van der Waals surface area contributed by atoms with Crippen LogP contribution in [0.4, 0.5) is 0 Å². The number of carbonyl (C=O) groups is 1. The molecular formula is C8H19N3O. The van der Waals surface area contributed by atoms with Crippen LogP contribution in [0.3, 0.4) is 0 Å². The largest absolute Gasteiger partial charge is 0.356 e. The van der Waals surface area contributed by atoms with E-state index in [4.69, 9.17) is 11.5 Å². The first-order valence-electron chi connectivity index (χ1n) is 4.23. The summed E-state index contributed by atoms with van der Waals surface area (Å²) in [5, 5.41) is 2.78. The summed E-state index contributed by atoms with van der Waals surface area (Å²) in [5.74, 6) is -0.00144. The zero-order valence-electron chi connectivity index (χ0n) is 7.89. The molecule has 0 saturated heterocycles. The Morgan fingerprint density at radius 1 is 1.42 bits per heavy atom. The lowest BCUT2D eigenvalue weighted by Gasteiger charge is -2.20. The fourth-order valence-electron chi connectivity index (χ4n) is 0.636. The van der Waals surface area contributed by atoms with E-state index in [9.17, 15) is 4.79 Å². The molecule has 0 rings (SSSR count). The Bertz CT molecular complexity index is 145. The van der Waals surface area contributed by atoms with E-state index in [1.54, 1.807) is 0 Å². The number of nitrogens with two attached hydrogens (primary N) is 2. The van der Waals surface area contributed by atoms with Gasteiger partial charge in [-0.1, -0.05) is 0 Å². The van der Waals surface area contributed by atoms with Crippen molar-refractivity contribution >= 4 is 5.91 Å². The van der Waals surface area contributed by atoms with Gasteiger partial charge in [-0.15, -0.1) is 0 Å². The fraction of sp³-hybridized carbons (Fsp3) is 0.875. The Morgan fingerprint density at radius 3 is 2.42 bits per heavy atom. The number of carbonyl (C=O) groups excluding carboxylic acids is 1.